The van der Waals surface area contributed by atoms with Gasteiger partial charge < -0.3 is 13.0 Å². The molecule has 0 amide bonds. The molecule has 0 saturated carbocycles. The average molecular weight is 411 g/mol. The smallest absolute Gasteiger partial charge is 0.300 e. The Hall–Kier alpha value is 0.964. The second-order valence-corrected chi connectivity index (χ2v) is 29.5. The molecule has 140 valence electrons. The molecule has 0 aromatic heterocycles. The van der Waals surface area contributed by atoms with Crippen LogP contribution in [0.15, 0.2) is 0 Å². The number of rotatable bonds is 14. The summed E-state index contributed by atoms with van der Waals surface area (Å²) in [6.07, 6.45) is 6.42. The SMILES string of the molecule is CCCC[Si](C)(C)O[SiH](CCCCC[SiH2][Si](C)(C)O)O[SiH](C)C. The first-order chi connectivity index (χ1) is 10.6. The van der Waals surface area contributed by atoms with E-state index < -0.39 is 34.5 Å². The molecule has 8 heteroatoms. The second kappa shape index (κ2) is 12.3. The molecule has 0 radical (unpaired) electrons. The summed E-state index contributed by atoms with van der Waals surface area (Å²) >= 11 is 0. The Balaban J connectivity index is 4.10. The third-order valence-corrected chi connectivity index (χ3v) is 20.2. The minimum absolute atomic E-state index is 0.196. The van der Waals surface area contributed by atoms with Gasteiger partial charge in [0.15, 0.2) is 25.2 Å². The summed E-state index contributed by atoms with van der Waals surface area (Å²) in [6, 6.07) is 3.78. The van der Waals surface area contributed by atoms with Crippen LogP contribution in [0.4, 0.5) is 0 Å². The third-order valence-electron chi connectivity index (χ3n) is 3.99. The normalized spacial score (nSPS) is 15.0. The van der Waals surface area contributed by atoms with Gasteiger partial charge in [-0.2, -0.15) is 0 Å². The molecule has 0 aliphatic heterocycles. The zero-order valence-corrected chi connectivity index (χ0v) is 22.5. The van der Waals surface area contributed by atoms with E-state index in [9.17, 15) is 4.80 Å². The van der Waals surface area contributed by atoms with Crippen molar-refractivity contribution < 1.29 is 13.0 Å². The Bertz CT molecular complexity index is 295. The molecule has 0 aliphatic carbocycles. The Labute approximate surface area is 153 Å². The molecule has 0 fully saturated rings. The summed E-state index contributed by atoms with van der Waals surface area (Å²) in [7, 11) is -5.85. The highest BCUT2D eigenvalue weighted by molar-refractivity contribution is 7.19. The molecule has 0 aliphatic rings. The van der Waals surface area contributed by atoms with E-state index in [-0.39, 0.29) is 9.04 Å². The van der Waals surface area contributed by atoms with Crippen molar-refractivity contribution in [2.45, 2.75) is 96.4 Å². The summed E-state index contributed by atoms with van der Waals surface area (Å²) in [5.41, 5.74) is 0. The molecule has 1 unspecified atom stereocenters. The van der Waals surface area contributed by atoms with Crippen LogP contribution in [0.5, 0.6) is 0 Å². The van der Waals surface area contributed by atoms with Gasteiger partial charge in [-0.3, -0.25) is 0 Å². The summed E-state index contributed by atoms with van der Waals surface area (Å²) < 4.78 is 12.9. The van der Waals surface area contributed by atoms with Gasteiger partial charge in [-0.15, -0.1) is 0 Å². The molecule has 0 heterocycles. The van der Waals surface area contributed by atoms with E-state index in [0.717, 1.165) is 0 Å². The minimum Gasteiger partial charge on any atom is -0.441 e. The van der Waals surface area contributed by atoms with Gasteiger partial charge in [0.05, 0.1) is 0 Å². The van der Waals surface area contributed by atoms with Crippen LogP contribution in [-0.2, 0) is 8.23 Å². The highest BCUT2D eigenvalue weighted by Crippen LogP contribution is 2.20. The lowest BCUT2D eigenvalue weighted by Gasteiger charge is -2.30. The molecule has 1 atom stereocenters. The van der Waals surface area contributed by atoms with E-state index in [1.807, 2.05) is 0 Å². The molecular formula is C15H42O3Si5. The van der Waals surface area contributed by atoms with Crippen LogP contribution >= 0.6 is 0 Å². The van der Waals surface area contributed by atoms with Gasteiger partial charge in [0, 0.05) is 9.04 Å². The zero-order chi connectivity index (χ0) is 17.9. The molecule has 0 bridgehead atoms. The number of unbranched alkanes of at least 4 members (excludes halogenated alkanes) is 3. The molecule has 23 heavy (non-hydrogen) atoms. The average Bonchev–Trinajstić information content (AvgIpc) is 2.38. The lowest BCUT2D eigenvalue weighted by atomic mass is 10.3. The number of hydrogen-bond acceptors (Lipinski definition) is 3. The van der Waals surface area contributed by atoms with Crippen LogP contribution in [0.3, 0.4) is 0 Å². The summed E-state index contributed by atoms with van der Waals surface area (Å²) in [5.74, 6) is 0. The largest absolute Gasteiger partial charge is 0.441 e. The van der Waals surface area contributed by atoms with E-state index in [2.05, 4.69) is 46.2 Å². The zero-order valence-electron chi connectivity index (χ0n) is 16.8. The minimum atomic E-state index is -1.70. The van der Waals surface area contributed by atoms with Gasteiger partial charge in [-0.25, -0.2) is 0 Å². The predicted molar refractivity (Wildman–Crippen MR) is 117 cm³/mol. The van der Waals surface area contributed by atoms with Crippen LogP contribution in [0.25, 0.3) is 0 Å². The Morgan fingerprint density at radius 3 is 2.17 bits per heavy atom. The molecule has 0 aromatic rings. The molecule has 0 spiro atoms. The first-order valence-electron chi connectivity index (χ1n) is 9.61. The van der Waals surface area contributed by atoms with Crippen molar-refractivity contribution in [3.63, 3.8) is 0 Å². The highest BCUT2D eigenvalue weighted by atomic mass is 29.2. The fourth-order valence-corrected chi connectivity index (χ4v) is 16.8. The van der Waals surface area contributed by atoms with Gasteiger partial charge in [0.25, 0.3) is 0 Å². The summed E-state index contributed by atoms with van der Waals surface area (Å²) in [6.45, 7) is 15.7. The van der Waals surface area contributed by atoms with E-state index >= 15 is 0 Å². The maximum absolute atomic E-state index is 9.94. The Morgan fingerprint density at radius 2 is 1.65 bits per heavy atom. The topological polar surface area (TPSA) is 38.7 Å². The maximum Gasteiger partial charge on any atom is 0.300 e. The maximum atomic E-state index is 9.94. The van der Waals surface area contributed by atoms with E-state index in [4.69, 9.17) is 8.23 Å². The van der Waals surface area contributed by atoms with Gasteiger partial charge >= 0.3 is 9.28 Å². The summed E-state index contributed by atoms with van der Waals surface area (Å²) in [5, 5.41) is 0. The van der Waals surface area contributed by atoms with Crippen LogP contribution < -0.4 is 0 Å². The van der Waals surface area contributed by atoms with Gasteiger partial charge in [-0.05, 0) is 51.4 Å². The highest BCUT2D eigenvalue weighted by Gasteiger charge is 2.28. The van der Waals surface area contributed by atoms with E-state index in [0.29, 0.717) is 0 Å². The van der Waals surface area contributed by atoms with Crippen molar-refractivity contribution in [2.75, 3.05) is 0 Å². The van der Waals surface area contributed by atoms with Crippen molar-refractivity contribution in [3.8, 4) is 0 Å². The Kier molecular flexibility index (Phi) is 12.9. The van der Waals surface area contributed by atoms with E-state index in [1.165, 1.54) is 50.2 Å². The molecule has 3 nitrogen and oxygen atoms in total. The quantitative estimate of drug-likeness (QED) is 0.350. The summed E-state index contributed by atoms with van der Waals surface area (Å²) in [4.78, 5) is 9.94. The lowest BCUT2D eigenvalue weighted by molar-refractivity contribution is 0.418. The van der Waals surface area contributed by atoms with Crippen LogP contribution in [0.2, 0.25) is 57.4 Å². The van der Waals surface area contributed by atoms with Gasteiger partial charge in [-0.1, -0.05) is 45.1 Å². The van der Waals surface area contributed by atoms with Gasteiger partial charge in [0.2, 0.25) is 0 Å². The second-order valence-electron chi connectivity index (χ2n) is 8.36. The molecule has 0 rings (SSSR count). The molecule has 0 saturated heterocycles. The first-order valence-corrected chi connectivity index (χ1v) is 23.5. The van der Waals surface area contributed by atoms with Crippen molar-refractivity contribution in [2.24, 2.45) is 0 Å². The standard InChI is InChI=1S/C15H42O3Si5/c1-8-9-15-22(4,5)18-21(17-20(2)3)14-12-10-11-13-19-23(6,7)16/h16,20-21H,8-15,19H2,1-7H3. The van der Waals surface area contributed by atoms with Crippen molar-refractivity contribution in [3.05, 3.63) is 0 Å². The fraction of sp³-hybridized carbons (Fsp3) is 1.00. The first kappa shape index (κ1) is 24.0. The fourth-order valence-electron chi connectivity index (χ4n) is 2.70. The van der Waals surface area contributed by atoms with Gasteiger partial charge in [0.1, 0.15) is 0 Å². The predicted octanol–water partition coefficient (Wildman–Crippen LogP) is 3.68. The third kappa shape index (κ3) is 16.2. The van der Waals surface area contributed by atoms with Crippen molar-refractivity contribution >= 4 is 43.5 Å². The van der Waals surface area contributed by atoms with Crippen molar-refractivity contribution in [1.29, 1.82) is 0 Å². The van der Waals surface area contributed by atoms with Crippen LogP contribution in [0, 0.1) is 0 Å². The molecule has 0 aromatic carbocycles. The van der Waals surface area contributed by atoms with Crippen LogP contribution in [-0.4, -0.2) is 48.3 Å². The molecule has 1 N–H and O–H groups in total. The number of hydrogen-bond donors (Lipinski definition) is 1. The lowest BCUT2D eigenvalue weighted by Crippen LogP contribution is -2.41. The Morgan fingerprint density at radius 1 is 1.00 bits per heavy atom. The monoisotopic (exact) mass is 410 g/mol. The molecular weight excluding hydrogens is 369 g/mol. The van der Waals surface area contributed by atoms with E-state index in [1.54, 1.807) is 0 Å². The van der Waals surface area contributed by atoms with Crippen molar-refractivity contribution in [1.82, 2.24) is 0 Å². The van der Waals surface area contributed by atoms with Crippen LogP contribution in [0.1, 0.15) is 39.0 Å².